The summed E-state index contributed by atoms with van der Waals surface area (Å²) in [4.78, 5) is 13.4. The second kappa shape index (κ2) is 7.19. The van der Waals surface area contributed by atoms with E-state index in [9.17, 15) is 4.79 Å². The molecule has 4 heteroatoms. The Bertz CT molecular complexity index is 322. The summed E-state index contributed by atoms with van der Waals surface area (Å²) in [6, 6.07) is 2.06. The predicted molar refractivity (Wildman–Crippen MR) is 66.4 cm³/mol. The highest BCUT2D eigenvalue weighted by molar-refractivity contribution is 7.07. The summed E-state index contributed by atoms with van der Waals surface area (Å²) in [5.74, 6) is -0.181. The first kappa shape index (κ1) is 12.9. The standard InChI is InChI=1S/C12H17NO2S/c1-3-6-13(9-12(14)15-4-2)8-11-5-7-16-10-11/h3,5,7,10H,1,4,6,8-9H2,2H3. The Labute approximate surface area is 100 Å². The first-order valence-corrected chi connectivity index (χ1v) is 6.20. The summed E-state index contributed by atoms with van der Waals surface area (Å²) in [6.45, 7) is 7.70. The zero-order chi connectivity index (χ0) is 11.8. The molecular formula is C12H17NO2S. The van der Waals surface area contributed by atoms with Crippen molar-refractivity contribution in [2.45, 2.75) is 13.5 Å². The number of thiophene rings is 1. The maximum absolute atomic E-state index is 11.4. The largest absolute Gasteiger partial charge is 0.465 e. The fraction of sp³-hybridized carbons (Fsp3) is 0.417. The number of hydrogen-bond acceptors (Lipinski definition) is 4. The summed E-state index contributed by atoms with van der Waals surface area (Å²) in [7, 11) is 0. The highest BCUT2D eigenvalue weighted by atomic mass is 32.1. The summed E-state index contributed by atoms with van der Waals surface area (Å²) in [6.07, 6.45) is 1.80. The molecule has 0 spiro atoms. The van der Waals surface area contributed by atoms with E-state index in [0.29, 0.717) is 19.7 Å². The topological polar surface area (TPSA) is 29.5 Å². The van der Waals surface area contributed by atoms with E-state index >= 15 is 0 Å². The molecule has 3 nitrogen and oxygen atoms in total. The van der Waals surface area contributed by atoms with E-state index in [-0.39, 0.29) is 5.97 Å². The Balaban J connectivity index is 2.47. The molecular weight excluding hydrogens is 222 g/mol. The number of esters is 1. The van der Waals surface area contributed by atoms with Crippen molar-refractivity contribution in [3.8, 4) is 0 Å². The van der Waals surface area contributed by atoms with Crippen molar-refractivity contribution in [3.63, 3.8) is 0 Å². The van der Waals surface area contributed by atoms with E-state index < -0.39 is 0 Å². The number of ether oxygens (including phenoxy) is 1. The lowest BCUT2D eigenvalue weighted by Gasteiger charge is -2.18. The van der Waals surface area contributed by atoms with Crippen LogP contribution in [0.2, 0.25) is 0 Å². The quantitative estimate of drug-likeness (QED) is 0.540. The minimum atomic E-state index is -0.181. The van der Waals surface area contributed by atoms with E-state index in [1.165, 1.54) is 5.56 Å². The molecule has 0 radical (unpaired) electrons. The van der Waals surface area contributed by atoms with Gasteiger partial charge >= 0.3 is 5.97 Å². The molecule has 88 valence electrons. The average molecular weight is 239 g/mol. The van der Waals surface area contributed by atoms with Gasteiger partial charge in [-0.05, 0) is 29.3 Å². The molecule has 16 heavy (non-hydrogen) atoms. The van der Waals surface area contributed by atoms with Gasteiger partial charge in [-0.1, -0.05) is 6.08 Å². The molecule has 0 unspecified atom stereocenters. The van der Waals surface area contributed by atoms with Gasteiger partial charge in [-0.15, -0.1) is 6.58 Å². The molecule has 0 bridgehead atoms. The molecule has 0 aliphatic heterocycles. The first-order chi connectivity index (χ1) is 7.76. The van der Waals surface area contributed by atoms with Gasteiger partial charge in [-0.2, -0.15) is 11.3 Å². The highest BCUT2D eigenvalue weighted by Gasteiger charge is 2.10. The average Bonchev–Trinajstić information content (AvgIpc) is 2.71. The van der Waals surface area contributed by atoms with Crippen LogP contribution >= 0.6 is 11.3 Å². The van der Waals surface area contributed by atoms with Gasteiger partial charge in [0.2, 0.25) is 0 Å². The van der Waals surface area contributed by atoms with Gasteiger partial charge < -0.3 is 4.74 Å². The van der Waals surface area contributed by atoms with Crippen molar-refractivity contribution in [2.75, 3.05) is 19.7 Å². The smallest absolute Gasteiger partial charge is 0.320 e. The maximum atomic E-state index is 11.4. The molecule has 0 saturated carbocycles. The van der Waals surface area contributed by atoms with Crippen molar-refractivity contribution in [2.24, 2.45) is 0 Å². The minimum Gasteiger partial charge on any atom is -0.465 e. The molecule has 0 amide bonds. The highest BCUT2D eigenvalue weighted by Crippen LogP contribution is 2.09. The third-order valence-electron chi connectivity index (χ3n) is 2.03. The third kappa shape index (κ3) is 4.59. The third-order valence-corrected chi connectivity index (χ3v) is 2.76. The van der Waals surface area contributed by atoms with Crippen LogP contribution in [-0.4, -0.2) is 30.6 Å². The lowest BCUT2D eigenvalue weighted by Crippen LogP contribution is -2.30. The zero-order valence-electron chi connectivity index (χ0n) is 9.52. The maximum Gasteiger partial charge on any atom is 0.320 e. The van der Waals surface area contributed by atoms with E-state index in [0.717, 1.165) is 6.54 Å². The van der Waals surface area contributed by atoms with Crippen molar-refractivity contribution in [1.29, 1.82) is 0 Å². The van der Waals surface area contributed by atoms with Gasteiger partial charge in [0.05, 0.1) is 13.2 Å². The second-order valence-electron chi connectivity index (χ2n) is 3.39. The fourth-order valence-electron chi connectivity index (χ4n) is 1.40. The van der Waals surface area contributed by atoms with Crippen LogP contribution < -0.4 is 0 Å². The zero-order valence-corrected chi connectivity index (χ0v) is 10.3. The second-order valence-corrected chi connectivity index (χ2v) is 4.17. The summed E-state index contributed by atoms with van der Waals surface area (Å²) >= 11 is 1.66. The molecule has 0 aromatic carbocycles. The molecule has 1 aromatic heterocycles. The molecule has 0 atom stereocenters. The van der Waals surface area contributed by atoms with Crippen LogP contribution in [0.15, 0.2) is 29.5 Å². The fourth-order valence-corrected chi connectivity index (χ4v) is 2.06. The number of carbonyl (C=O) groups excluding carboxylic acids is 1. The van der Waals surface area contributed by atoms with Crippen LogP contribution in [-0.2, 0) is 16.1 Å². The molecule has 0 aliphatic rings. The van der Waals surface area contributed by atoms with Gasteiger partial charge in [0.1, 0.15) is 0 Å². The van der Waals surface area contributed by atoms with Gasteiger partial charge in [0.25, 0.3) is 0 Å². The summed E-state index contributed by atoms with van der Waals surface area (Å²) in [5, 5.41) is 4.12. The molecule has 1 heterocycles. The predicted octanol–water partition coefficient (Wildman–Crippen LogP) is 2.30. The molecule has 1 aromatic rings. The van der Waals surface area contributed by atoms with Gasteiger partial charge in [0.15, 0.2) is 0 Å². The van der Waals surface area contributed by atoms with E-state index in [1.54, 1.807) is 17.4 Å². The molecule has 0 fully saturated rings. The Morgan fingerprint density at radius 1 is 1.69 bits per heavy atom. The Kier molecular flexibility index (Phi) is 5.82. The van der Waals surface area contributed by atoms with Crippen LogP contribution in [0.3, 0.4) is 0 Å². The van der Waals surface area contributed by atoms with E-state index in [2.05, 4.69) is 18.0 Å². The van der Waals surface area contributed by atoms with E-state index in [1.807, 2.05) is 17.2 Å². The number of rotatable bonds is 7. The van der Waals surface area contributed by atoms with Gasteiger partial charge in [-0.3, -0.25) is 9.69 Å². The molecule has 0 N–H and O–H groups in total. The van der Waals surface area contributed by atoms with E-state index in [4.69, 9.17) is 4.74 Å². The SMILES string of the molecule is C=CCN(CC(=O)OCC)Cc1ccsc1. The lowest BCUT2D eigenvalue weighted by molar-refractivity contribution is -0.144. The van der Waals surface area contributed by atoms with Gasteiger partial charge in [0, 0.05) is 13.1 Å². The van der Waals surface area contributed by atoms with Crippen molar-refractivity contribution in [1.82, 2.24) is 4.90 Å². The lowest BCUT2D eigenvalue weighted by atomic mass is 10.3. The Morgan fingerprint density at radius 3 is 3.06 bits per heavy atom. The van der Waals surface area contributed by atoms with Gasteiger partial charge in [-0.25, -0.2) is 0 Å². The van der Waals surface area contributed by atoms with Crippen LogP contribution in [0.1, 0.15) is 12.5 Å². The first-order valence-electron chi connectivity index (χ1n) is 5.26. The normalized spacial score (nSPS) is 10.4. The molecule has 0 aliphatic carbocycles. The molecule has 1 rings (SSSR count). The monoisotopic (exact) mass is 239 g/mol. The summed E-state index contributed by atoms with van der Waals surface area (Å²) < 4.78 is 4.93. The number of hydrogen-bond donors (Lipinski definition) is 0. The van der Waals surface area contributed by atoms with Crippen molar-refractivity contribution in [3.05, 3.63) is 35.0 Å². The Morgan fingerprint density at radius 2 is 2.50 bits per heavy atom. The summed E-state index contributed by atoms with van der Waals surface area (Å²) in [5.41, 5.74) is 1.22. The van der Waals surface area contributed by atoms with Crippen molar-refractivity contribution < 1.29 is 9.53 Å². The van der Waals surface area contributed by atoms with Crippen LogP contribution in [0.25, 0.3) is 0 Å². The van der Waals surface area contributed by atoms with Crippen LogP contribution in [0.5, 0.6) is 0 Å². The number of nitrogens with zero attached hydrogens (tertiary/aromatic N) is 1. The minimum absolute atomic E-state index is 0.181. The Hall–Kier alpha value is -1.13. The molecule has 0 saturated heterocycles. The van der Waals surface area contributed by atoms with Crippen LogP contribution in [0, 0.1) is 0 Å². The van der Waals surface area contributed by atoms with Crippen molar-refractivity contribution >= 4 is 17.3 Å². The van der Waals surface area contributed by atoms with Crippen LogP contribution in [0.4, 0.5) is 0 Å². The number of carbonyl (C=O) groups is 1.